The van der Waals surface area contributed by atoms with Crippen LogP contribution in [0.4, 0.5) is 14.5 Å². The van der Waals surface area contributed by atoms with Crippen molar-refractivity contribution in [2.24, 2.45) is 0 Å². The van der Waals surface area contributed by atoms with Crippen molar-refractivity contribution in [2.45, 2.75) is 13.3 Å². The average molecular weight is 457 g/mol. The maximum Gasteiger partial charge on any atom is 0.232 e. The molecule has 2 N–H and O–H groups in total. The van der Waals surface area contributed by atoms with Crippen LogP contribution in [-0.4, -0.2) is 39.9 Å². The standard InChI is InChI=1S/C21H17F2N5O3S/c1-2-7-32(30,31)28-16-4-3-15(22)18(19(16)23)20(29)14-10-27-21-13(14)8-12(9-26-21)17-11-24-5-6-25-17/h3-6,8-11,28H,2,7H2,1H3,(H,26,27). The number of benzene rings is 1. The Hall–Kier alpha value is -3.73. The van der Waals surface area contributed by atoms with Gasteiger partial charge in [0.2, 0.25) is 15.8 Å². The maximum absolute atomic E-state index is 15.1. The number of halogens is 2. The van der Waals surface area contributed by atoms with E-state index in [1.807, 2.05) is 0 Å². The Labute approximate surface area is 181 Å². The minimum Gasteiger partial charge on any atom is -0.345 e. The monoisotopic (exact) mass is 457 g/mol. The number of nitrogens with zero attached hydrogens (tertiary/aromatic N) is 3. The molecule has 0 aliphatic heterocycles. The van der Waals surface area contributed by atoms with E-state index in [1.165, 1.54) is 31.0 Å². The van der Waals surface area contributed by atoms with Crippen LogP contribution in [0.5, 0.6) is 0 Å². The maximum atomic E-state index is 15.1. The van der Waals surface area contributed by atoms with E-state index in [0.717, 1.165) is 12.1 Å². The van der Waals surface area contributed by atoms with Gasteiger partial charge >= 0.3 is 0 Å². The van der Waals surface area contributed by atoms with E-state index in [9.17, 15) is 17.6 Å². The molecule has 164 valence electrons. The molecule has 3 heterocycles. The minimum atomic E-state index is -3.84. The number of nitrogens with one attached hydrogen (secondary N) is 2. The molecule has 11 heteroatoms. The van der Waals surface area contributed by atoms with Gasteiger partial charge < -0.3 is 4.98 Å². The molecule has 0 fully saturated rings. The molecule has 0 aliphatic carbocycles. The van der Waals surface area contributed by atoms with Crippen molar-refractivity contribution in [3.63, 3.8) is 0 Å². The van der Waals surface area contributed by atoms with Gasteiger partial charge in [-0.25, -0.2) is 22.2 Å². The topological polar surface area (TPSA) is 118 Å². The van der Waals surface area contributed by atoms with E-state index >= 15 is 4.39 Å². The molecule has 8 nitrogen and oxygen atoms in total. The zero-order valence-electron chi connectivity index (χ0n) is 16.8. The van der Waals surface area contributed by atoms with Crippen LogP contribution in [0.15, 0.2) is 49.2 Å². The van der Waals surface area contributed by atoms with Crippen LogP contribution in [-0.2, 0) is 10.0 Å². The number of hydrogen-bond donors (Lipinski definition) is 2. The highest BCUT2D eigenvalue weighted by molar-refractivity contribution is 7.92. The Morgan fingerprint density at radius 2 is 1.97 bits per heavy atom. The number of aromatic amines is 1. The summed E-state index contributed by atoms with van der Waals surface area (Å²) in [7, 11) is -3.84. The number of ketones is 1. The van der Waals surface area contributed by atoms with Crippen molar-refractivity contribution in [3.8, 4) is 11.3 Å². The first kappa shape index (κ1) is 21.5. The van der Waals surface area contributed by atoms with Gasteiger partial charge in [0.1, 0.15) is 11.5 Å². The largest absolute Gasteiger partial charge is 0.345 e. The number of rotatable bonds is 7. The highest BCUT2D eigenvalue weighted by Crippen LogP contribution is 2.29. The lowest BCUT2D eigenvalue weighted by Crippen LogP contribution is -2.18. The van der Waals surface area contributed by atoms with Gasteiger partial charge in [-0.05, 0) is 24.6 Å². The number of pyridine rings is 1. The molecule has 32 heavy (non-hydrogen) atoms. The van der Waals surface area contributed by atoms with E-state index < -0.39 is 38.7 Å². The lowest BCUT2D eigenvalue weighted by Gasteiger charge is -2.11. The smallest absolute Gasteiger partial charge is 0.232 e. The van der Waals surface area contributed by atoms with E-state index in [1.54, 1.807) is 13.0 Å². The number of carbonyl (C=O) groups excluding carboxylic acids is 1. The summed E-state index contributed by atoms with van der Waals surface area (Å²) >= 11 is 0. The summed E-state index contributed by atoms with van der Waals surface area (Å²) in [5.41, 5.74) is 0.00703. The van der Waals surface area contributed by atoms with E-state index in [0.29, 0.717) is 28.7 Å². The molecule has 0 radical (unpaired) electrons. The fraction of sp³-hybridized carbons (Fsp3) is 0.143. The Bertz CT molecular complexity index is 1420. The molecule has 0 bridgehead atoms. The fourth-order valence-corrected chi connectivity index (χ4v) is 4.37. The first-order valence-corrected chi connectivity index (χ1v) is 11.2. The Balaban J connectivity index is 1.79. The number of carbonyl (C=O) groups is 1. The summed E-state index contributed by atoms with van der Waals surface area (Å²) in [5, 5.41) is 0.328. The Morgan fingerprint density at radius 3 is 2.69 bits per heavy atom. The van der Waals surface area contributed by atoms with Crippen LogP contribution in [0.3, 0.4) is 0 Å². The zero-order valence-corrected chi connectivity index (χ0v) is 17.6. The summed E-state index contributed by atoms with van der Waals surface area (Å²) in [5.74, 6) is -3.60. The van der Waals surface area contributed by atoms with Crippen molar-refractivity contribution >= 4 is 32.5 Å². The normalized spacial score (nSPS) is 11.6. The lowest BCUT2D eigenvalue weighted by molar-refractivity contribution is 0.103. The van der Waals surface area contributed by atoms with Gasteiger partial charge in [-0.2, -0.15) is 0 Å². The number of H-pyrrole nitrogens is 1. The van der Waals surface area contributed by atoms with Crippen LogP contribution in [0.1, 0.15) is 29.3 Å². The molecule has 0 aliphatic rings. The second kappa shape index (κ2) is 8.42. The van der Waals surface area contributed by atoms with Crippen molar-refractivity contribution in [1.29, 1.82) is 0 Å². The number of aromatic nitrogens is 4. The summed E-state index contributed by atoms with van der Waals surface area (Å²) in [4.78, 5) is 28.3. The Morgan fingerprint density at radius 1 is 1.16 bits per heavy atom. The molecular formula is C21H17F2N5O3S. The Kier molecular flexibility index (Phi) is 5.66. The quantitative estimate of drug-likeness (QED) is 0.409. The van der Waals surface area contributed by atoms with Gasteiger partial charge in [0, 0.05) is 41.3 Å². The van der Waals surface area contributed by atoms with Crippen LogP contribution in [0.2, 0.25) is 0 Å². The van der Waals surface area contributed by atoms with Gasteiger partial charge in [-0.1, -0.05) is 6.92 Å². The van der Waals surface area contributed by atoms with Crippen LogP contribution in [0, 0.1) is 11.6 Å². The summed E-state index contributed by atoms with van der Waals surface area (Å²) in [6.07, 6.45) is 7.66. The van der Waals surface area contributed by atoms with Gasteiger partial charge in [-0.3, -0.25) is 19.5 Å². The molecular weight excluding hydrogens is 440 g/mol. The van der Waals surface area contributed by atoms with Gasteiger partial charge in [-0.15, -0.1) is 0 Å². The second-order valence-corrected chi connectivity index (χ2v) is 8.79. The fourth-order valence-electron chi connectivity index (χ4n) is 3.24. The molecule has 0 unspecified atom stereocenters. The van der Waals surface area contributed by atoms with Crippen molar-refractivity contribution in [2.75, 3.05) is 10.5 Å². The molecule has 0 atom stereocenters. The third-order valence-electron chi connectivity index (χ3n) is 4.69. The van der Waals surface area contributed by atoms with E-state index in [-0.39, 0.29) is 11.3 Å². The highest BCUT2D eigenvalue weighted by atomic mass is 32.2. The first-order valence-electron chi connectivity index (χ1n) is 9.57. The SMILES string of the molecule is CCCS(=O)(=O)Nc1ccc(F)c(C(=O)c2c[nH]c3ncc(-c4cnccn4)cc23)c1F. The number of anilines is 1. The molecule has 0 saturated heterocycles. The highest BCUT2D eigenvalue weighted by Gasteiger charge is 2.26. The van der Waals surface area contributed by atoms with Crippen LogP contribution >= 0.6 is 0 Å². The van der Waals surface area contributed by atoms with E-state index in [4.69, 9.17) is 0 Å². The summed E-state index contributed by atoms with van der Waals surface area (Å²) in [6, 6.07) is 3.40. The van der Waals surface area contributed by atoms with Crippen LogP contribution in [0.25, 0.3) is 22.3 Å². The summed E-state index contributed by atoms with van der Waals surface area (Å²) < 4.78 is 55.7. The predicted octanol–water partition coefficient (Wildman–Crippen LogP) is 3.68. The molecule has 1 aromatic carbocycles. The van der Waals surface area contributed by atoms with Crippen molar-refractivity contribution in [1.82, 2.24) is 19.9 Å². The third kappa shape index (κ3) is 4.06. The third-order valence-corrected chi connectivity index (χ3v) is 6.17. The molecule has 0 spiro atoms. The van der Waals surface area contributed by atoms with Gasteiger partial charge in [0.05, 0.1) is 28.9 Å². The minimum absolute atomic E-state index is 0.0235. The van der Waals surface area contributed by atoms with E-state index in [2.05, 4.69) is 24.7 Å². The molecule has 4 rings (SSSR count). The zero-order chi connectivity index (χ0) is 22.9. The average Bonchev–Trinajstić information content (AvgIpc) is 3.19. The lowest BCUT2D eigenvalue weighted by atomic mass is 10.0. The summed E-state index contributed by atoms with van der Waals surface area (Å²) in [6.45, 7) is 1.65. The van der Waals surface area contributed by atoms with Crippen molar-refractivity contribution < 1.29 is 22.0 Å². The number of hydrogen-bond acceptors (Lipinski definition) is 6. The molecule has 0 amide bonds. The first-order chi connectivity index (χ1) is 15.3. The van der Waals surface area contributed by atoms with Gasteiger partial charge in [0.15, 0.2) is 5.82 Å². The molecule has 3 aromatic heterocycles. The van der Waals surface area contributed by atoms with Gasteiger partial charge in [0.25, 0.3) is 0 Å². The predicted molar refractivity (Wildman–Crippen MR) is 115 cm³/mol. The number of sulfonamides is 1. The number of fused-ring (bicyclic) bond motifs is 1. The van der Waals surface area contributed by atoms with Crippen molar-refractivity contribution in [3.05, 3.63) is 71.9 Å². The molecule has 4 aromatic rings. The second-order valence-electron chi connectivity index (χ2n) is 6.95. The van der Waals surface area contributed by atoms with Crippen LogP contribution < -0.4 is 4.72 Å². The molecule has 0 saturated carbocycles.